The number of likely N-dealkylation sites (tertiary alicyclic amines) is 1. The van der Waals surface area contributed by atoms with Crippen LogP contribution in [0.15, 0.2) is 42.6 Å². The summed E-state index contributed by atoms with van der Waals surface area (Å²) in [6.45, 7) is 0.897. The molecule has 1 saturated carbocycles. The summed E-state index contributed by atoms with van der Waals surface area (Å²) in [6.07, 6.45) is 5.15. The maximum absolute atomic E-state index is 12.5. The zero-order valence-electron chi connectivity index (χ0n) is 21.2. The van der Waals surface area contributed by atoms with Gasteiger partial charge in [0.2, 0.25) is 0 Å². The van der Waals surface area contributed by atoms with Crippen molar-refractivity contribution in [1.82, 2.24) is 15.2 Å². The number of methoxy groups -OCH3 is 1. The lowest BCUT2D eigenvalue weighted by Gasteiger charge is -2.65. The van der Waals surface area contributed by atoms with Crippen LogP contribution in [0, 0.1) is 0 Å². The van der Waals surface area contributed by atoms with Gasteiger partial charge in [-0.05, 0) is 62.5 Å². The number of phenolic OH excluding ortho intramolecular Hbond substituents is 1. The van der Waals surface area contributed by atoms with Gasteiger partial charge in [-0.3, -0.25) is 10.1 Å². The van der Waals surface area contributed by atoms with Gasteiger partial charge in [0.15, 0.2) is 11.5 Å². The molecule has 7 rings (SSSR count). The van der Waals surface area contributed by atoms with Gasteiger partial charge in [0.1, 0.15) is 12.1 Å². The summed E-state index contributed by atoms with van der Waals surface area (Å²) < 4.78 is 13.2. The van der Waals surface area contributed by atoms with Crippen molar-refractivity contribution in [3.05, 3.63) is 59.3 Å². The number of carboxylic acids is 1. The van der Waals surface area contributed by atoms with Gasteiger partial charge in [0.25, 0.3) is 0 Å². The van der Waals surface area contributed by atoms with Crippen LogP contribution in [0.2, 0.25) is 0 Å². The Hall–Kier alpha value is -3.07. The van der Waals surface area contributed by atoms with Gasteiger partial charge in [0, 0.05) is 48.3 Å². The van der Waals surface area contributed by atoms with Gasteiger partial charge >= 0.3 is 5.97 Å². The molecule has 8 nitrogen and oxygen atoms in total. The lowest BCUT2D eigenvalue weighted by Crippen LogP contribution is -2.78. The molecule has 6 atom stereocenters. The Balaban J connectivity index is 1.28. The number of piperidine rings is 1. The van der Waals surface area contributed by atoms with E-state index in [1.165, 1.54) is 5.56 Å². The van der Waals surface area contributed by atoms with Crippen LogP contribution in [-0.2, 0) is 27.8 Å². The number of H-pyrrole nitrogens is 1. The van der Waals surface area contributed by atoms with Gasteiger partial charge < -0.3 is 29.6 Å². The Morgan fingerprint density at radius 3 is 2.95 bits per heavy atom. The van der Waals surface area contributed by atoms with Crippen molar-refractivity contribution in [2.45, 2.75) is 67.3 Å². The highest BCUT2D eigenvalue weighted by atomic mass is 16.5. The number of fused-ring (bicyclic) bond motifs is 1. The first-order chi connectivity index (χ1) is 17.9. The van der Waals surface area contributed by atoms with Gasteiger partial charge in [-0.1, -0.05) is 24.3 Å². The van der Waals surface area contributed by atoms with E-state index in [-0.39, 0.29) is 23.9 Å². The van der Waals surface area contributed by atoms with Crippen LogP contribution in [0.3, 0.4) is 0 Å². The molecule has 8 heteroatoms. The molecule has 3 heterocycles. The third-order valence-corrected chi connectivity index (χ3v) is 9.87. The van der Waals surface area contributed by atoms with Crippen LogP contribution in [0.25, 0.3) is 10.9 Å². The SMILES string of the molecule is CO[C@@]12CC[C@@H](N[C@@H](Cc3c[nH]c4ccccc34)C(=O)O)[C@@H]3Oc4c(O)ccc5c4[C@@]31CCN(C)[C@@H]2C5. The lowest BCUT2D eigenvalue weighted by atomic mass is 9.48. The number of phenols is 1. The number of likely N-dealkylation sites (N-methyl/N-ethyl adjacent to an activating group) is 1. The van der Waals surface area contributed by atoms with Gasteiger partial charge in [-0.15, -0.1) is 0 Å². The molecule has 3 aromatic rings. The molecule has 0 unspecified atom stereocenters. The first-order valence-electron chi connectivity index (χ1n) is 13.2. The predicted octanol–water partition coefficient (Wildman–Crippen LogP) is 2.97. The Labute approximate surface area is 215 Å². The zero-order chi connectivity index (χ0) is 25.5. The number of aromatic amines is 1. The van der Waals surface area contributed by atoms with Crippen molar-refractivity contribution in [3.63, 3.8) is 0 Å². The number of para-hydroxylation sites is 1. The zero-order valence-corrected chi connectivity index (χ0v) is 21.2. The minimum absolute atomic E-state index is 0.150. The first-order valence-corrected chi connectivity index (χ1v) is 13.2. The van der Waals surface area contributed by atoms with Gasteiger partial charge in [-0.25, -0.2) is 0 Å². The molecule has 4 N–H and O–H groups in total. The highest BCUT2D eigenvalue weighted by molar-refractivity contribution is 5.84. The van der Waals surface area contributed by atoms with Crippen LogP contribution in [0.5, 0.6) is 11.5 Å². The summed E-state index contributed by atoms with van der Waals surface area (Å²) in [5, 5.41) is 25.7. The number of benzene rings is 2. The van der Waals surface area contributed by atoms with Gasteiger partial charge in [0.05, 0.1) is 11.0 Å². The number of nitrogens with one attached hydrogen (secondary N) is 2. The second-order valence-electron chi connectivity index (χ2n) is 11.3. The minimum atomic E-state index is -0.879. The fourth-order valence-electron chi connectivity index (χ4n) is 8.31. The Bertz CT molecular complexity index is 1400. The average molecular weight is 504 g/mol. The fourth-order valence-corrected chi connectivity index (χ4v) is 8.31. The highest BCUT2D eigenvalue weighted by Gasteiger charge is 2.73. The molecule has 2 aliphatic heterocycles. The number of aliphatic carboxylic acids is 1. The normalized spacial score (nSPS) is 32.6. The van der Waals surface area contributed by atoms with E-state index < -0.39 is 23.0 Å². The van der Waals surface area contributed by atoms with Crippen molar-refractivity contribution in [3.8, 4) is 11.5 Å². The third-order valence-electron chi connectivity index (χ3n) is 9.87. The van der Waals surface area contributed by atoms with E-state index in [9.17, 15) is 15.0 Å². The maximum Gasteiger partial charge on any atom is 0.321 e. The number of nitrogens with zero attached hydrogens (tertiary/aromatic N) is 1. The first kappa shape index (κ1) is 23.1. The average Bonchev–Trinajstić information content (AvgIpc) is 3.47. The summed E-state index contributed by atoms with van der Waals surface area (Å²) >= 11 is 0. The monoisotopic (exact) mass is 503 g/mol. The van der Waals surface area contributed by atoms with Crippen molar-refractivity contribution in [2.24, 2.45) is 0 Å². The summed E-state index contributed by atoms with van der Waals surface area (Å²) in [7, 11) is 3.98. The number of hydrogen-bond acceptors (Lipinski definition) is 6. The second-order valence-corrected chi connectivity index (χ2v) is 11.3. The Morgan fingerprint density at radius 2 is 2.14 bits per heavy atom. The molecule has 2 fully saturated rings. The molecular weight excluding hydrogens is 470 g/mol. The van der Waals surface area contributed by atoms with E-state index in [0.717, 1.165) is 54.3 Å². The third kappa shape index (κ3) is 2.92. The number of hydrogen-bond donors (Lipinski definition) is 4. The highest BCUT2D eigenvalue weighted by Crippen LogP contribution is 2.66. The number of carbonyl (C=O) groups is 1. The molecule has 2 bridgehead atoms. The minimum Gasteiger partial charge on any atom is -0.504 e. The van der Waals surface area contributed by atoms with Crippen LogP contribution in [0.4, 0.5) is 0 Å². The molecule has 4 aliphatic rings. The number of aromatic nitrogens is 1. The topological polar surface area (TPSA) is 107 Å². The quantitative estimate of drug-likeness (QED) is 0.410. The van der Waals surface area contributed by atoms with Crippen LogP contribution in [0.1, 0.15) is 36.0 Å². The molecule has 2 aliphatic carbocycles. The van der Waals surface area contributed by atoms with Crippen molar-refractivity contribution < 1.29 is 24.5 Å². The summed E-state index contributed by atoms with van der Waals surface area (Å²) in [5.41, 5.74) is 3.36. The van der Waals surface area contributed by atoms with E-state index >= 15 is 0 Å². The molecule has 1 saturated heterocycles. The Kier molecular flexibility index (Phi) is 4.97. The van der Waals surface area contributed by atoms with Gasteiger partial charge in [-0.2, -0.15) is 0 Å². The van der Waals surface area contributed by atoms with Crippen LogP contribution >= 0.6 is 0 Å². The van der Waals surface area contributed by atoms with Crippen molar-refractivity contribution in [1.29, 1.82) is 0 Å². The van der Waals surface area contributed by atoms with Crippen molar-refractivity contribution >= 4 is 16.9 Å². The standard InChI is InChI=1S/C29H33N3O5/c1-32-12-11-28-24-16-7-8-22(33)25(24)37-26(28)20(9-10-29(28,36-2)23(32)14-16)31-21(27(34)35)13-17-15-30-19-6-4-3-5-18(17)19/h3-8,15,20-21,23,26,30-31,33H,9-14H2,1-2H3,(H,34,35)/t20-,21+,23-,26+,28+,29-/m1/s1. The molecule has 1 spiro atoms. The molecule has 37 heavy (non-hydrogen) atoms. The van der Waals surface area contributed by atoms with E-state index in [4.69, 9.17) is 9.47 Å². The van der Waals surface area contributed by atoms with E-state index in [1.807, 2.05) is 43.6 Å². The van der Waals surface area contributed by atoms with E-state index in [1.54, 1.807) is 6.07 Å². The molecular formula is C29H33N3O5. The number of carboxylic acid groups (broad SMARTS) is 1. The van der Waals surface area contributed by atoms with Crippen LogP contribution < -0.4 is 10.1 Å². The maximum atomic E-state index is 12.5. The van der Waals surface area contributed by atoms with Crippen molar-refractivity contribution in [2.75, 3.05) is 20.7 Å². The van der Waals surface area contributed by atoms with E-state index in [2.05, 4.69) is 22.2 Å². The Morgan fingerprint density at radius 1 is 1.30 bits per heavy atom. The predicted molar refractivity (Wildman–Crippen MR) is 138 cm³/mol. The number of ether oxygens (including phenoxy) is 2. The molecule has 0 amide bonds. The van der Waals surface area contributed by atoms with E-state index in [0.29, 0.717) is 12.2 Å². The number of rotatable bonds is 6. The lowest BCUT2D eigenvalue weighted by molar-refractivity contribution is -0.204. The summed E-state index contributed by atoms with van der Waals surface area (Å²) in [4.78, 5) is 18.2. The smallest absolute Gasteiger partial charge is 0.321 e. The van der Waals surface area contributed by atoms with Crippen LogP contribution in [-0.4, -0.2) is 76.6 Å². The molecule has 2 aromatic carbocycles. The number of aromatic hydroxyl groups is 1. The molecule has 1 aromatic heterocycles. The largest absolute Gasteiger partial charge is 0.504 e. The molecule has 0 radical (unpaired) electrons. The second kappa shape index (κ2) is 7.96. The summed E-state index contributed by atoms with van der Waals surface area (Å²) in [5.74, 6) is -0.170. The summed E-state index contributed by atoms with van der Waals surface area (Å²) in [6, 6.07) is 10.9. The fraction of sp³-hybridized carbons (Fsp3) is 0.483. The molecule has 194 valence electrons.